The number of benzene rings is 1. The number of anilines is 1. The average molecular weight is 261 g/mol. The third-order valence-electron chi connectivity index (χ3n) is 2.93. The Morgan fingerprint density at radius 2 is 2.00 bits per heavy atom. The number of amides is 1. The van der Waals surface area contributed by atoms with Gasteiger partial charge < -0.3 is 15.3 Å². The van der Waals surface area contributed by atoms with Crippen LogP contribution in [0.25, 0.3) is 0 Å². The zero-order valence-electron chi connectivity index (χ0n) is 11.0. The van der Waals surface area contributed by atoms with Gasteiger partial charge in [0, 0.05) is 12.6 Å². The predicted molar refractivity (Wildman–Crippen MR) is 70.1 cm³/mol. The molecule has 0 saturated carbocycles. The minimum Gasteiger partial charge on any atom is -0.710 e. The van der Waals surface area contributed by atoms with Crippen molar-refractivity contribution in [1.29, 1.82) is 0 Å². The van der Waals surface area contributed by atoms with Gasteiger partial charge >= 0.3 is 0 Å². The van der Waals surface area contributed by atoms with E-state index in [-0.39, 0.29) is 5.69 Å². The molecule has 2 aromatic rings. The molecule has 0 unspecified atom stereocenters. The molecule has 0 aliphatic carbocycles. The van der Waals surface area contributed by atoms with Crippen molar-refractivity contribution < 1.29 is 14.3 Å². The summed E-state index contributed by atoms with van der Waals surface area (Å²) in [7, 11) is 3.29. The molecule has 6 heteroatoms. The Hall–Kier alpha value is -2.50. The van der Waals surface area contributed by atoms with Crippen LogP contribution < -0.4 is 14.8 Å². The summed E-state index contributed by atoms with van der Waals surface area (Å²) in [4.78, 5) is 12.0. The summed E-state index contributed by atoms with van der Waals surface area (Å²) in [6, 6.07) is 6.89. The van der Waals surface area contributed by atoms with Crippen molar-refractivity contribution in [2.24, 2.45) is 7.05 Å². The molecule has 1 heterocycles. The number of ether oxygens (including phenoxy) is 1. The van der Waals surface area contributed by atoms with E-state index >= 15 is 0 Å². The summed E-state index contributed by atoms with van der Waals surface area (Å²) in [6.45, 7) is 1.72. The maximum absolute atomic E-state index is 12.0. The summed E-state index contributed by atoms with van der Waals surface area (Å²) in [5, 5.41) is 14.3. The van der Waals surface area contributed by atoms with Crippen LogP contribution in [0.15, 0.2) is 30.6 Å². The van der Waals surface area contributed by atoms with Crippen molar-refractivity contribution in [3.63, 3.8) is 0 Å². The first kappa shape index (κ1) is 12.9. The van der Waals surface area contributed by atoms with Crippen LogP contribution in [0.4, 0.5) is 5.69 Å². The normalized spacial score (nSPS) is 10.3. The van der Waals surface area contributed by atoms with Crippen LogP contribution in [-0.2, 0) is 7.05 Å². The Kier molecular flexibility index (Phi) is 3.41. The maximum Gasteiger partial charge on any atom is 0.300 e. The molecular formula is C13H15N3O3. The first-order valence-electron chi connectivity index (χ1n) is 5.73. The topological polar surface area (TPSA) is 70.2 Å². The highest BCUT2D eigenvalue weighted by Gasteiger charge is 2.21. The molecule has 2 rings (SSSR count). The number of rotatable bonds is 3. The third-order valence-corrected chi connectivity index (χ3v) is 2.93. The lowest BCUT2D eigenvalue weighted by molar-refractivity contribution is -0.607. The smallest absolute Gasteiger partial charge is 0.300 e. The number of hydrogen-bond donors (Lipinski definition) is 1. The lowest BCUT2D eigenvalue weighted by Gasteiger charge is -2.06. The minimum atomic E-state index is -0.432. The number of nitrogens with zero attached hydrogens (tertiary/aromatic N) is 2. The number of aromatic nitrogens is 2. The van der Waals surface area contributed by atoms with Crippen LogP contribution in [0.5, 0.6) is 5.75 Å². The SMILES string of the molecule is COc1ccc(NC(=O)c2c(C)n(C)c[n+]2[O-])cc1. The van der Waals surface area contributed by atoms with Crippen LogP contribution in [0, 0.1) is 12.1 Å². The van der Waals surface area contributed by atoms with E-state index in [1.807, 2.05) is 0 Å². The average Bonchev–Trinajstić information content (AvgIpc) is 2.64. The number of methoxy groups -OCH3 is 1. The van der Waals surface area contributed by atoms with Gasteiger partial charge in [0.25, 0.3) is 5.91 Å². The number of carbonyl (C=O) groups excluding carboxylic acids is 1. The van der Waals surface area contributed by atoms with Crippen molar-refractivity contribution in [3.8, 4) is 5.75 Å². The quantitative estimate of drug-likeness (QED) is 0.667. The fourth-order valence-corrected chi connectivity index (χ4v) is 1.76. The molecule has 1 aromatic carbocycles. The van der Waals surface area contributed by atoms with Gasteiger partial charge in [-0.15, -0.1) is 0 Å². The monoisotopic (exact) mass is 261 g/mol. The molecule has 0 bridgehead atoms. The molecule has 0 spiro atoms. The van der Waals surface area contributed by atoms with Crippen molar-refractivity contribution in [1.82, 2.24) is 4.57 Å². The molecule has 0 saturated heterocycles. The summed E-state index contributed by atoms with van der Waals surface area (Å²) < 4.78 is 7.20. The first-order chi connectivity index (χ1) is 9.02. The molecule has 0 atom stereocenters. The number of aryl methyl sites for hydroxylation is 1. The van der Waals surface area contributed by atoms with E-state index in [0.29, 0.717) is 21.9 Å². The molecule has 0 fully saturated rings. The Balaban J connectivity index is 2.20. The molecule has 0 radical (unpaired) electrons. The van der Waals surface area contributed by atoms with E-state index in [1.165, 1.54) is 6.33 Å². The summed E-state index contributed by atoms with van der Waals surface area (Å²) in [5.41, 5.74) is 1.31. The van der Waals surface area contributed by atoms with Gasteiger partial charge in [-0.3, -0.25) is 4.79 Å². The van der Waals surface area contributed by atoms with Gasteiger partial charge in [0.1, 0.15) is 5.75 Å². The van der Waals surface area contributed by atoms with Gasteiger partial charge in [-0.05, 0) is 24.3 Å². The van der Waals surface area contributed by atoms with E-state index in [4.69, 9.17) is 4.74 Å². The van der Waals surface area contributed by atoms with Crippen LogP contribution >= 0.6 is 0 Å². The van der Waals surface area contributed by atoms with E-state index < -0.39 is 5.91 Å². The third kappa shape index (κ3) is 2.52. The Morgan fingerprint density at radius 3 is 2.47 bits per heavy atom. The molecule has 1 amide bonds. The summed E-state index contributed by atoms with van der Waals surface area (Å²) >= 11 is 0. The zero-order chi connectivity index (χ0) is 14.0. The van der Waals surface area contributed by atoms with Gasteiger partial charge in [0.2, 0.25) is 12.0 Å². The fourth-order valence-electron chi connectivity index (χ4n) is 1.76. The highest BCUT2D eigenvalue weighted by Crippen LogP contribution is 2.16. The van der Waals surface area contributed by atoms with E-state index in [2.05, 4.69) is 5.32 Å². The van der Waals surface area contributed by atoms with E-state index in [1.54, 1.807) is 49.9 Å². The van der Waals surface area contributed by atoms with Crippen molar-refractivity contribution in [3.05, 3.63) is 47.2 Å². The molecule has 19 heavy (non-hydrogen) atoms. The Morgan fingerprint density at radius 1 is 1.37 bits per heavy atom. The van der Waals surface area contributed by atoms with Crippen LogP contribution in [0.2, 0.25) is 0 Å². The largest absolute Gasteiger partial charge is 0.710 e. The Bertz CT molecular complexity index is 602. The Labute approximate surface area is 110 Å². The standard InChI is InChI=1S/C13H15N3O3/c1-9-12(16(18)8-15(9)2)13(17)14-10-4-6-11(19-3)7-5-10/h4-8H,1-3H3,(H,14,17). The molecule has 0 aliphatic heterocycles. The van der Waals surface area contributed by atoms with Gasteiger partial charge in [-0.1, -0.05) is 0 Å². The first-order valence-corrected chi connectivity index (χ1v) is 5.73. The number of hydrogen-bond acceptors (Lipinski definition) is 3. The van der Waals surface area contributed by atoms with Crippen molar-refractivity contribution >= 4 is 11.6 Å². The highest BCUT2D eigenvalue weighted by molar-refractivity contribution is 6.02. The van der Waals surface area contributed by atoms with E-state index in [9.17, 15) is 10.0 Å². The van der Waals surface area contributed by atoms with Gasteiger partial charge in [0.15, 0.2) is 5.69 Å². The molecule has 6 nitrogen and oxygen atoms in total. The predicted octanol–water partition coefficient (Wildman–Crippen LogP) is 1.23. The molecule has 1 aromatic heterocycles. The van der Waals surface area contributed by atoms with Gasteiger partial charge in [-0.2, -0.15) is 0 Å². The lowest BCUT2D eigenvalue weighted by Crippen LogP contribution is -2.34. The lowest BCUT2D eigenvalue weighted by atomic mass is 10.2. The molecule has 100 valence electrons. The number of nitrogens with one attached hydrogen (secondary N) is 1. The van der Waals surface area contributed by atoms with Crippen LogP contribution in [-0.4, -0.2) is 17.6 Å². The second kappa shape index (κ2) is 5.01. The highest BCUT2D eigenvalue weighted by atomic mass is 16.5. The fraction of sp³-hybridized carbons (Fsp3) is 0.231. The molecular weight excluding hydrogens is 246 g/mol. The summed E-state index contributed by atoms with van der Waals surface area (Å²) in [5.74, 6) is 0.269. The summed E-state index contributed by atoms with van der Waals surface area (Å²) in [6.07, 6.45) is 1.32. The van der Waals surface area contributed by atoms with E-state index in [0.717, 1.165) is 0 Å². The molecule has 1 N–H and O–H groups in total. The number of imidazole rings is 1. The van der Waals surface area contributed by atoms with Crippen LogP contribution in [0.3, 0.4) is 0 Å². The minimum absolute atomic E-state index is 0.0957. The van der Waals surface area contributed by atoms with Gasteiger partial charge in [0.05, 0.1) is 14.2 Å². The number of carbonyl (C=O) groups is 1. The van der Waals surface area contributed by atoms with Gasteiger partial charge in [-0.25, -0.2) is 9.30 Å². The van der Waals surface area contributed by atoms with Crippen molar-refractivity contribution in [2.45, 2.75) is 6.92 Å². The maximum atomic E-state index is 12.0. The zero-order valence-corrected chi connectivity index (χ0v) is 11.0. The molecule has 0 aliphatic rings. The second-order valence-electron chi connectivity index (χ2n) is 4.17. The second-order valence-corrected chi connectivity index (χ2v) is 4.17. The van der Waals surface area contributed by atoms with Crippen molar-refractivity contribution in [2.75, 3.05) is 12.4 Å². The van der Waals surface area contributed by atoms with Crippen LogP contribution in [0.1, 0.15) is 16.2 Å².